The molecule has 1 fully saturated rings. The number of piperidine rings is 1. The fraction of sp³-hybridized carbons (Fsp3) is 0.333. The Kier molecular flexibility index (Phi) is 4.68. The first-order chi connectivity index (χ1) is 14.2. The van der Waals surface area contributed by atoms with E-state index in [2.05, 4.69) is 70.0 Å². The van der Waals surface area contributed by atoms with Crippen LogP contribution in [0.25, 0.3) is 11.1 Å². The number of benzene rings is 2. The third-order valence-corrected chi connectivity index (χ3v) is 6.50. The minimum absolute atomic E-state index is 0.204. The van der Waals surface area contributed by atoms with E-state index in [-0.39, 0.29) is 11.3 Å². The van der Waals surface area contributed by atoms with Crippen LogP contribution >= 0.6 is 0 Å². The van der Waals surface area contributed by atoms with Gasteiger partial charge < -0.3 is 10.2 Å². The molecule has 5 nitrogen and oxygen atoms in total. The molecule has 0 unspecified atom stereocenters. The third kappa shape index (κ3) is 3.36. The average Bonchev–Trinajstić information content (AvgIpc) is 3.26. The van der Waals surface area contributed by atoms with Gasteiger partial charge in [0.2, 0.25) is 5.91 Å². The standard InChI is InChI=1S/C24H26N4O/c29-23-24(22-9-5-4-8-20(22)16-25-23)10-12-27(13-11-24)14-15-28-18-21(17-26-28)19-6-2-1-3-7-19/h1-9,17-18H,10-16H2,(H,25,29). The minimum atomic E-state index is -0.350. The van der Waals surface area contributed by atoms with Gasteiger partial charge in [-0.05, 0) is 42.6 Å². The van der Waals surface area contributed by atoms with Crippen LogP contribution in [0.5, 0.6) is 0 Å². The molecule has 5 heteroatoms. The number of fused-ring (bicyclic) bond motifs is 2. The maximum Gasteiger partial charge on any atom is 0.231 e. The number of likely N-dealkylation sites (tertiary alicyclic amines) is 1. The Bertz CT molecular complexity index is 1000. The predicted octanol–water partition coefficient (Wildman–Crippen LogP) is 3.21. The molecule has 0 saturated carbocycles. The average molecular weight is 386 g/mol. The zero-order chi connectivity index (χ0) is 19.7. The maximum atomic E-state index is 12.8. The summed E-state index contributed by atoms with van der Waals surface area (Å²) in [5, 5.41) is 7.65. The van der Waals surface area contributed by atoms with Crippen LogP contribution in [0.3, 0.4) is 0 Å². The lowest BCUT2D eigenvalue weighted by atomic mass is 9.69. The summed E-state index contributed by atoms with van der Waals surface area (Å²) in [6.45, 7) is 4.35. The molecular formula is C24H26N4O. The van der Waals surface area contributed by atoms with Crippen molar-refractivity contribution in [3.63, 3.8) is 0 Å². The molecule has 2 aromatic carbocycles. The second kappa shape index (κ2) is 7.48. The molecule has 5 rings (SSSR count). The van der Waals surface area contributed by atoms with Crippen molar-refractivity contribution in [2.45, 2.75) is 31.3 Å². The highest BCUT2D eigenvalue weighted by Gasteiger charge is 2.45. The SMILES string of the molecule is O=C1NCc2ccccc2C12CCN(CCn1cc(-c3ccccc3)cn1)CC2. The van der Waals surface area contributed by atoms with Crippen LogP contribution in [-0.2, 0) is 23.3 Å². The number of amides is 1. The Balaban J connectivity index is 1.22. The predicted molar refractivity (Wildman–Crippen MR) is 113 cm³/mol. The monoisotopic (exact) mass is 386 g/mol. The number of nitrogens with one attached hydrogen (secondary N) is 1. The summed E-state index contributed by atoms with van der Waals surface area (Å²) >= 11 is 0. The van der Waals surface area contributed by atoms with E-state index >= 15 is 0 Å². The first kappa shape index (κ1) is 18.1. The molecular weight excluding hydrogens is 360 g/mol. The van der Waals surface area contributed by atoms with E-state index in [4.69, 9.17) is 0 Å². The highest BCUT2D eigenvalue weighted by Crippen LogP contribution is 2.39. The fourth-order valence-corrected chi connectivity index (χ4v) is 4.77. The van der Waals surface area contributed by atoms with Crippen LogP contribution in [0.15, 0.2) is 67.0 Å². The Morgan fingerprint density at radius 2 is 1.69 bits per heavy atom. The van der Waals surface area contributed by atoms with Gasteiger partial charge in [-0.25, -0.2) is 0 Å². The van der Waals surface area contributed by atoms with Crippen molar-refractivity contribution >= 4 is 5.91 Å². The van der Waals surface area contributed by atoms with Gasteiger partial charge in [-0.15, -0.1) is 0 Å². The lowest BCUT2D eigenvalue weighted by Gasteiger charge is -2.44. The lowest BCUT2D eigenvalue weighted by Crippen LogP contribution is -2.54. The van der Waals surface area contributed by atoms with E-state index in [0.717, 1.165) is 44.6 Å². The van der Waals surface area contributed by atoms with Crippen molar-refractivity contribution in [3.8, 4) is 11.1 Å². The molecule has 1 aromatic heterocycles. The lowest BCUT2D eigenvalue weighted by molar-refractivity contribution is -0.129. The van der Waals surface area contributed by atoms with Crippen LogP contribution in [0, 0.1) is 0 Å². The summed E-state index contributed by atoms with van der Waals surface area (Å²) in [5.74, 6) is 0.204. The topological polar surface area (TPSA) is 50.2 Å². The van der Waals surface area contributed by atoms with E-state index in [1.54, 1.807) is 0 Å². The van der Waals surface area contributed by atoms with Crippen molar-refractivity contribution in [1.29, 1.82) is 0 Å². The second-order valence-corrected chi connectivity index (χ2v) is 8.12. The molecule has 3 heterocycles. The first-order valence-corrected chi connectivity index (χ1v) is 10.4. The molecule has 1 N–H and O–H groups in total. The summed E-state index contributed by atoms with van der Waals surface area (Å²) in [7, 11) is 0. The van der Waals surface area contributed by atoms with E-state index in [1.165, 1.54) is 16.7 Å². The van der Waals surface area contributed by atoms with Gasteiger partial charge >= 0.3 is 0 Å². The Labute approximate surface area is 171 Å². The highest BCUT2D eigenvalue weighted by atomic mass is 16.2. The number of rotatable bonds is 4. The summed E-state index contributed by atoms with van der Waals surface area (Å²) < 4.78 is 2.02. The van der Waals surface area contributed by atoms with Gasteiger partial charge in [0.25, 0.3) is 0 Å². The van der Waals surface area contributed by atoms with Crippen LogP contribution in [0.2, 0.25) is 0 Å². The number of aromatic nitrogens is 2. The molecule has 29 heavy (non-hydrogen) atoms. The number of nitrogens with zero attached hydrogens (tertiary/aromatic N) is 3. The Morgan fingerprint density at radius 1 is 0.931 bits per heavy atom. The van der Waals surface area contributed by atoms with E-state index < -0.39 is 0 Å². The van der Waals surface area contributed by atoms with Crippen LogP contribution < -0.4 is 5.32 Å². The number of carbonyl (C=O) groups excluding carboxylic acids is 1. The minimum Gasteiger partial charge on any atom is -0.351 e. The zero-order valence-corrected chi connectivity index (χ0v) is 16.6. The molecule has 1 saturated heterocycles. The highest BCUT2D eigenvalue weighted by molar-refractivity contribution is 5.90. The van der Waals surface area contributed by atoms with Crippen molar-refractivity contribution in [3.05, 3.63) is 78.1 Å². The number of hydrogen-bond acceptors (Lipinski definition) is 3. The fourth-order valence-electron chi connectivity index (χ4n) is 4.77. The molecule has 148 valence electrons. The third-order valence-electron chi connectivity index (χ3n) is 6.50. The van der Waals surface area contributed by atoms with Gasteiger partial charge in [0.1, 0.15) is 0 Å². The van der Waals surface area contributed by atoms with Crippen molar-refractivity contribution in [2.75, 3.05) is 19.6 Å². The largest absolute Gasteiger partial charge is 0.351 e. The smallest absolute Gasteiger partial charge is 0.231 e. The van der Waals surface area contributed by atoms with Gasteiger partial charge in [0, 0.05) is 24.8 Å². The maximum absolute atomic E-state index is 12.8. The zero-order valence-electron chi connectivity index (χ0n) is 16.6. The van der Waals surface area contributed by atoms with Gasteiger partial charge in [0.05, 0.1) is 18.2 Å². The van der Waals surface area contributed by atoms with E-state index in [1.807, 2.05) is 16.9 Å². The van der Waals surface area contributed by atoms with Crippen molar-refractivity contribution < 1.29 is 4.79 Å². The molecule has 0 aliphatic carbocycles. The molecule has 2 aliphatic rings. The molecule has 1 amide bonds. The van der Waals surface area contributed by atoms with E-state index in [9.17, 15) is 4.79 Å². The van der Waals surface area contributed by atoms with Gasteiger partial charge in [-0.2, -0.15) is 5.10 Å². The second-order valence-electron chi connectivity index (χ2n) is 8.12. The van der Waals surface area contributed by atoms with E-state index in [0.29, 0.717) is 6.54 Å². The Morgan fingerprint density at radius 3 is 2.52 bits per heavy atom. The molecule has 0 bridgehead atoms. The Hall–Kier alpha value is -2.92. The van der Waals surface area contributed by atoms with Crippen LogP contribution in [0.1, 0.15) is 24.0 Å². The van der Waals surface area contributed by atoms with Gasteiger partial charge in [-0.1, -0.05) is 54.6 Å². The molecule has 0 radical (unpaired) electrons. The van der Waals surface area contributed by atoms with Gasteiger partial charge in [-0.3, -0.25) is 9.48 Å². The summed E-state index contributed by atoms with van der Waals surface area (Å²) in [6, 6.07) is 18.8. The summed E-state index contributed by atoms with van der Waals surface area (Å²) in [5.41, 5.74) is 4.50. The van der Waals surface area contributed by atoms with Gasteiger partial charge in [0.15, 0.2) is 0 Å². The van der Waals surface area contributed by atoms with Crippen molar-refractivity contribution in [1.82, 2.24) is 20.0 Å². The summed E-state index contributed by atoms with van der Waals surface area (Å²) in [6.07, 6.45) is 5.81. The van der Waals surface area contributed by atoms with Crippen molar-refractivity contribution in [2.24, 2.45) is 0 Å². The number of carbonyl (C=O) groups is 1. The molecule has 3 aromatic rings. The molecule has 0 atom stereocenters. The van der Waals surface area contributed by atoms with Crippen LogP contribution in [0.4, 0.5) is 0 Å². The molecule has 1 spiro atoms. The first-order valence-electron chi connectivity index (χ1n) is 10.4. The number of hydrogen-bond donors (Lipinski definition) is 1. The molecule has 2 aliphatic heterocycles. The normalized spacial score (nSPS) is 18.4. The van der Waals surface area contributed by atoms with Crippen LogP contribution in [-0.4, -0.2) is 40.2 Å². The summed E-state index contributed by atoms with van der Waals surface area (Å²) in [4.78, 5) is 15.3. The quantitative estimate of drug-likeness (QED) is 0.749.